The van der Waals surface area contributed by atoms with E-state index in [9.17, 15) is 4.39 Å². The third-order valence-corrected chi connectivity index (χ3v) is 7.35. The van der Waals surface area contributed by atoms with Crippen LogP contribution in [0.4, 0.5) is 4.39 Å². The Morgan fingerprint density at radius 2 is 1.97 bits per heavy atom. The van der Waals surface area contributed by atoms with Gasteiger partial charge in [-0.05, 0) is 78.7 Å². The smallest absolute Gasteiger partial charge is 0.153 e. The number of aromatic nitrogens is 5. The largest absolute Gasteiger partial charge is 0.244 e. The van der Waals surface area contributed by atoms with E-state index in [1.807, 2.05) is 24.1 Å². The Bertz CT molecular complexity index is 1260. The summed E-state index contributed by atoms with van der Waals surface area (Å²) in [6.45, 7) is 4.30. The fourth-order valence-electron chi connectivity index (χ4n) is 4.93. The molecule has 1 saturated heterocycles. The normalized spacial score (nSPS) is 23.2. The zero-order valence-electron chi connectivity index (χ0n) is 16.8. The molecule has 2 atom stereocenters. The number of rotatable bonds is 4. The number of hydrogen-bond donors (Lipinski definition) is 0. The quantitative estimate of drug-likeness (QED) is 0.469. The Labute approximate surface area is 177 Å². The maximum Gasteiger partial charge on any atom is 0.153 e. The van der Waals surface area contributed by atoms with E-state index >= 15 is 0 Å². The zero-order chi connectivity index (χ0) is 20.5. The van der Waals surface area contributed by atoms with Crippen molar-refractivity contribution >= 4 is 22.9 Å². The molecule has 0 amide bonds. The van der Waals surface area contributed by atoms with Gasteiger partial charge < -0.3 is 0 Å². The second kappa shape index (κ2) is 6.39. The highest BCUT2D eigenvalue weighted by atomic mass is 32.2. The lowest BCUT2D eigenvalue weighted by Crippen LogP contribution is -2.21. The van der Waals surface area contributed by atoms with Gasteiger partial charge in [-0.25, -0.2) is 13.4 Å². The molecule has 1 saturated carbocycles. The molecule has 0 spiro atoms. The van der Waals surface area contributed by atoms with E-state index in [0.717, 1.165) is 34.7 Å². The van der Waals surface area contributed by atoms with E-state index in [2.05, 4.69) is 38.7 Å². The van der Waals surface area contributed by atoms with E-state index in [0.29, 0.717) is 5.92 Å². The lowest BCUT2D eigenvalue weighted by molar-refractivity contribution is 0.497. The highest BCUT2D eigenvalue weighted by Gasteiger charge is 2.61. The Morgan fingerprint density at radius 3 is 2.73 bits per heavy atom. The van der Waals surface area contributed by atoms with Crippen molar-refractivity contribution in [1.29, 1.82) is 0 Å². The third kappa shape index (κ3) is 2.78. The third-order valence-electron chi connectivity index (χ3n) is 6.44. The van der Waals surface area contributed by atoms with Gasteiger partial charge in [-0.3, -0.25) is 0 Å². The Kier molecular flexibility index (Phi) is 3.85. The summed E-state index contributed by atoms with van der Waals surface area (Å²) in [5.74, 6) is 0.447. The summed E-state index contributed by atoms with van der Waals surface area (Å²) >= 11 is 1.70. The van der Waals surface area contributed by atoms with Crippen LogP contribution in [0, 0.1) is 18.7 Å². The van der Waals surface area contributed by atoms with Gasteiger partial charge in [0, 0.05) is 30.9 Å². The first-order chi connectivity index (χ1) is 14.5. The van der Waals surface area contributed by atoms with Gasteiger partial charge >= 0.3 is 0 Å². The number of halogens is 1. The molecule has 6 rings (SSSR count). The number of fused-ring (bicyclic) bond motifs is 2. The number of piperidine rings is 1. The fraction of sp³-hybridized carbons (Fsp3) is 0.318. The van der Waals surface area contributed by atoms with E-state index < -0.39 is 0 Å². The van der Waals surface area contributed by atoms with Crippen LogP contribution in [0.15, 0.2) is 53.8 Å². The van der Waals surface area contributed by atoms with Crippen LogP contribution in [0.2, 0.25) is 0 Å². The van der Waals surface area contributed by atoms with Crippen molar-refractivity contribution in [3.63, 3.8) is 0 Å². The van der Waals surface area contributed by atoms with E-state index in [1.54, 1.807) is 28.9 Å². The first-order valence-electron chi connectivity index (χ1n) is 10.1. The Balaban J connectivity index is 1.31. The maximum atomic E-state index is 13.3. The zero-order valence-corrected chi connectivity index (χ0v) is 17.6. The molecule has 1 aliphatic carbocycles. The van der Waals surface area contributed by atoms with Gasteiger partial charge in [0.05, 0.1) is 23.6 Å². The fourth-order valence-corrected chi connectivity index (χ4v) is 5.99. The standard InChI is InChI=1S/C22H21FN6S/c1-14-7-20-15(10-25-29(20)18-5-3-17(23)4-6-18)8-19(14)22-9-16(22)12-28(13-22)30-21-11-24-27(2)26-21/h3-8,10-11,16H,9,12-13H2,1-2H3. The van der Waals surface area contributed by atoms with Crippen LogP contribution in [0.1, 0.15) is 17.5 Å². The van der Waals surface area contributed by atoms with E-state index in [1.165, 1.54) is 29.7 Å². The van der Waals surface area contributed by atoms with Crippen LogP contribution in [-0.2, 0) is 12.5 Å². The molecule has 0 radical (unpaired) electrons. The number of hydrogen-bond acceptors (Lipinski definition) is 5. The molecule has 0 bridgehead atoms. The van der Waals surface area contributed by atoms with Crippen molar-refractivity contribution in [2.45, 2.75) is 23.8 Å². The average Bonchev–Trinajstić information content (AvgIpc) is 3.05. The van der Waals surface area contributed by atoms with Gasteiger partial charge in [0.15, 0.2) is 5.03 Å². The molecule has 2 unspecified atom stereocenters. The first kappa shape index (κ1) is 18.1. The summed E-state index contributed by atoms with van der Waals surface area (Å²) in [6, 6.07) is 11.0. The number of nitrogens with zero attached hydrogens (tertiary/aromatic N) is 6. The second-order valence-corrected chi connectivity index (χ2v) is 9.52. The lowest BCUT2D eigenvalue weighted by atomic mass is 9.90. The Hall–Kier alpha value is -2.71. The number of benzene rings is 2. The van der Waals surface area contributed by atoms with Crippen molar-refractivity contribution in [2.75, 3.05) is 13.1 Å². The second-order valence-electron chi connectivity index (χ2n) is 8.40. The van der Waals surface area contributed by atoms with Crippen molar-refractivity contribution in [3.8, 4) is 5.69 Å². The topological polar surface area (TPSA) is 51.8 Å². The molecule has 3 heterocycles. The van der Waals surface area contributed by atoms with Gasteiger partial charge in [-0.1, -0.05) is 0 Å². The molecule has 152 valence electrons. The van der Waals surface area contributed by atoms with E-state index in [4.69, 9.17) is 0 Å². The minimum Gasteiger partial charge on any atom is -0.244 e. The molecule has 2 aromatic heterocycles. The van der Waals surface area contributed by atoms with Crippen molar-refractivity contribution in [3.05, 3.63) is 65.7 Å². The molecule has 2 aromatic carbocycles. The molecule has 4 aromatic rings. The van der Waals surface area contributed by atoms with Crippen LogP contribution in [-0.4, -0.2) is 42.2 Å². The summed E-state index contributed by atoms with van der Waals surface area (Å²) in [5, 5.41) is 15.2. The van der Waals surface area contributed by atoms with Gasteiger partial charge in [0.25, 0.3) is 0 Å². The summed E-state index contributed by atoms with van der Waals surface area (Å²) in [6.07, 6.45) is 4.97. The van der Waals surface area contributed by atoms with Crippen LogP contribution < -0.4 is 0 Å². The van der Waals surface area contributed by atoms with Crippen LogP contribution in [0.25, 0.3) is 16.6 Å². The molecular weight excluding hydrogens is 399 g/mol. The Morgan fingerprint density at radius 1 is 1.13 bits per heavy atom. The summed E-state index contributed by atoms with van der Waals surface area (Å²) in [5.41, 5.74) is 4.88. The minimum atomic E-state index is -0.238. The predicted molar refractivity (Wildman–Crippen MR) is 114 cm³/mol. The number of aryl methyl sites for hydroxylation is 2. The van der Waals surface area contributed by atoms with Crippen molar-refractivity contribution in [1.82, 2.24) is 29.1 Å². The maximum absolute atomic E-state index is 13.3. The van der Waals surface area contributed by atoms with Gasteiger partial charge in [0.1, 0.15) is 5.82 Å². The summed E-state index contributed by atoms with van der Waals surface area (Å²) in [4.78, 5) is 1.60. The van der Waals surface area contributed by atoms with E-state index in [-0.39, 0.29) is 11.2 Å². The lowest BCUT2D eigenvalue weighted by Gasteiger charge is -2.20. The molecular formula is C22H21FN6S. The van der Waals surface area contributed by atoms with Crippen LogP contribution >= 0.6 is 11.9 Å². The van der Waals surface area contributed by atoms with Crippen LogP contribution in [0.3, 0.4) is 0 Å². The minimum absolute atomic E-state index is 0.228. The highest BCUT2D eigenvalue weighted by Crippen LogP contribution is 2.61. The molecule has 1 aliphatic heterocycles. The molecule has 0 N–H and O–H groups in total. The highest BCUT2D eigenvalue weighted by molar-refractivity contribution is 7.97. The molecule has 2 aliphatic rings. The molecule has 2 fully saturated rings. The predicted octanol–water partition coefficient (Wildman–Crippen LogP) is 3.88. The van der Waals surface area contributed by atoms with Gasteiger partial charge in [0.2, 0.25) is 0 Å². The first-order valence-corrected chi connectivity index (χ1v) is 10.8. The summed E-state index contributed by atoms with van der Waals surface area (Å²) < 4.78 is 17.6. The van der Waals surface area contributed by atoms with Crippen molar-refractivity contribution in [2.24, 2.45) is 13.0 Å². The van der Waals surface area contributed by atoms with Crippen LogP contribution in [0.5, 0.6) is 0 Å². The average molecular weight is 421 g/mol. The van der Waals surface area contributed by atoms with Gasteiger partial charge in [-0.2, -0.15) is 15.0 Å². The molecule has 6 nitrogen and oxygen atoms in total. The monoisotopic (exact) mass is 420 g/mol. The molecule has 8 heteroatoms. The van der Waals surface area contributed by atoms with Crippen molar-refractivity contribution < 1.29 is 4.39 Å². The SMILES string of the molecule is Cc1cc2c(cnn2-c2ccc(F)cc2)cc1C12CC1CN(Sc1cnn(C)n1)C2. The summed E-state index contributed by atoms with van der Waals surface area (Å²) in [7, 11) is 1.84. The van der Waals surface area contributed by atoms with Gasteiger partial charge in [-0.15, -0.1) is 5.10 Å². The molecule has 30 heavy (non-hydrogen) atoms.